The van der Waals surface area contributed by atoms with Crippen LogP contribution in [0.4, 0.5) is 13.2 Å². The molecule has 0 aromatic heterocycles. The van der Waals surface area contributed by atoms with Crippen LogP contribution in [0.3, 0.4) is 0 Å². The minimum atomic E-state index is -4.69. The summed E-state index contributed by atoms with van der Waals surface area (Å²) in [5.41, 5.74) is 5.57. The summed E-state index contributed by atoms with van der Waals surface area (Å²) in [6.45, 7) is 0. The van der Waals surface area contributed by atoms with Gasteiger partial charge in [-0.25, -0.2) is 0 Å². The van der Waals surface area contributed by atoms with Crippen LogP contribution in [0.15, 0.2) is 24.3 Å². The van der Waals surface area contributed by atoms with E-state index in [4.69, 9.17) is 10.8 Å². The van der Waals surface area contributed by atoms with Crippen molar-refractivity contribution in [2.75, 3.05) is 0 Å². The van der Waals surface area contributed by atoms with Crippen LogP contribution >= 0.6 is 35.0 Å². The molecule has 0 spiro atoms. The Labute approximate surface area is 111 Å². The highest BCUT2D eigenvalue weighted by Crippen LogP contribution is 2.28. The highest BCUT2D eigenvalue weighted by atomic mass is 127. The van der Waals surface area contributed by atoms with Crippen molar-refractivity contribution in [1.29, 1.82) is 0 Å². The molecule has 0 unspecified atom stereocenters. The number of rotatable bonds is 2. The minimum absolute atomic E-state index is 0. The van der Waals surface area contributed by atoms with Crippen LogP contribution in [-0.2, 0) is 0 Å². The molecule has 0 amide bonds. The summed E-state index contributed by atoms with van der Waals surface area (Å²) in [6.07, 6.45) is -7.22. The number of alkyl halides is 3. The first-order valence-electron chi connectivity index (χ1n) is 4.08. The maximum Gasteiger partial charge on any atom is 0.416 e. The number of nitrogens with two attached hydrogens (primary N) is 1. The maximum atomic E-state index is 12.1. The van der Waals surface area contributed by atoms with Gasteiger partial charge in [-0.3, -0.25) is 0 Å². The van der Waals surface area contributed by atoms with E-state index < -0.39 is 18.3 Å². The molecule has 0 bridgehead atoms. The third-order valence-corrected chi connectivity index (χ3v) is 2.65. The van der Waals surface area contributed by atoms with Gasteiger partial charge in [0.05, 0.1) is 6.04 Å². The van der Waals surface area contributed by atoms with E-state index in [1.807, 2.05) is 22.6 Å². The molecule has 0 aliphatic heterocycles. The van der Waals surface area contributed by atoms with Gasteiger partial charge in [0.1, 0.15) is 0 Å². The first-order valence-corrected chi connectivity index (χ1v) is 5.16. The molecule has 1 aromatic rings. The summed E-state index contributed by atoms with van der Waals surface area (Å²) in [4.78, 5) is 0. The second-order valence-electron chi connectivity index (χ2n) is 3.06. The predicted octanol–water partition coefficient (Wildman–Crippen LogP) is 2.64. The van der Waals surface area contributed by atoms with E-state index in [0.29, 0.717) is 0 Å². The summed E-state index contributed by atoms with van der Waals surface area (Å²) >= 11 is 2.03. The van der Waals surface area contributed by atoms with E-state index in [9.17, 15) is 13.2 Å². The van der Waals surface area contributed by atoms with E-state index in [1.165, 1.54) is 12.1 Å². The topological polar surface area (TPSA) is 46.2 Å². The van der Waals surface area contributed by atoms with Crippen LogP contribution in [0.2, 0.25) is 0 Å². The van der Waals surface area contributed by atoms with Crippen molar-refractivity contribution in [3.63, 3.8) is 0 Å². The molecule has 0 heterocycles. The number of halogens is 5. The van der Waals surface area contributed by atoms with Crippen LogP contribution < -0.4 is 5.73 Å². The van der Waals surface area contributed by atoms with E-state index >= 15 is 0 Å². The normalized spacial score (nSPS) is 15.1. The second-order valence-corrected chi connectivity index (χ2v) is 4.31. The summed E-state index contributed by atoms with van der Waals surface area (Å²) in [5, 5.41) is 8.93. The van der Waals surface area contributed by atoms with Crippen molar-refractivity contribution in [3.05, 3.63) is 33.4 Å². The Hall–Kier alpha value is -0.0500. The van der Waals surface area contributed by atoms with Crippen LogP contribution in [0.25, 0.3) is 0 Å². The molecular formula is C9H10ClF3INO. The fraction of sp³-hybridized carbons (Fsp3) is 0.333. The molecule has 0 radical (unpaired) electrons. The summed E-state index contributed by atoms with van der Waals surface area (Å²) < 4.78 is 37.3. The monoisotopic (exact) mass is 367 g/mol. The Morgan fingerprint density at radius 1 is 1.19 bits per heavy atom. The Kier molecular flexibility index (Phi) is 6.02. The first kappa shape index (κ1) is 16.0. The highest BCUT2D eigenvalue weighted by Gasteiger charge is 2.42. The molecular weight excluding hydrogens is 357 g/mol. The molecule has 1 rings (SSSR count). The van der Waals surface area contributed by atoms with Crippen molar-refractivity contribution >= 4 is 35.0 Å². The number of benzene rings is 1. The van der Waals surface area contributed by atoms with Gasteiger partial charge in [-0.15, -0.1) is 12.4 Å². The SMILES string of the molecule is Cl.N[C@@H](c1ccc(I)cc1)[C@H](O)C(F)(F)F. The van der Waals surface area contributed by atoms with Crippen molar-refractivity contribution < 1.29 is 18.3 Å². The number of aliphatic hydroxyl groups is 1. The van der Waals surface area contributed by atoms with E-state index in [2.05, 4.69) is 0 Å². The zero-order valence-electron chi connectivity index (χ0n) is 7.91. The lowest BCUT2D eigenvalue weighted by Gasteiger charge is -2.21. The second kappa shape index (κ2) is 6.04. The fourth-order valence-electron chi connectivity index (χ4n) is 1.07. The van der Waals surface area contributed by atoms with Gasteiger partial charge < -0.3 is 10.8 Å². The standard InChI is InChI=1S/C9H9F3INO.ClH/c10-9(11,12)8(15)7(14)5-1-3-6(13)4-2-5;/h1-4,7-8,15H,14H2;1H/t7-,8-;/m0./s1. The highest BCUT2D eigenvalue weighted by molar-refractivity contribution is 14.1. The lowest BCUT2D eigenvalue weighted by atomic mass is 10.0. The molecule has 0 fully saturated rings. The van der Waals surface area contributed by atoms with Gasteiger partial charge >= 0.3 is 6.18 Å². The number of hydrogen-bond acceptors (Lipinski definition) is 2. The van der Waals surface area contributed by atoms with Crippen molar-refractivity contribution in [3.8, 4) is 0 Å². The largest absolute Gasteiger partial charge is 0.416 e. The molecule has 2 atom stereocenters. The predicted molar refractivity (Wildman–Crippen MR) is 65.4 cm³/mol. The lowest BCUT2D eigenvalue weighted by Crippen LogP contribution is -2.38. The van der Waals surface area contributed by atoms with Crippen LogP contribution in [0.5, 0.6) is 0 Å². The smallest absolute Gasteiger partial charge is 0.382 e. The van der Waals surface area contributed by atoms with Gasteiger partial charge in [-0.2, -0.15) is 13.2 Å². The summed E-state index contributed by atoms with van der Waals surface area (Å²) in [7, 11) is 0. The Balaban J connectivity index is 0.00000225. The molecule has 0 aliphatic rings. The van der Waals surface area contributed by atoms with Gasteiger partial charge in [0.2, 0.25) is 0 Å². The first-order chi connectivity index (χ1) is 6.82. The minimum Gasteiger partial charge on any atom is -0.382 e. The van der Waals surface area contributed by atoms with Crippen molar-refractivity contribution in [1.82, 2.24) is 0 Å². The molecule has 16 heavy (non-hydrogen) atoms. The van der Waals surface area contributed by atoms with E-state index in [0.717, 1.165) is 3.57 Å². The van der Waals surface area contributed by atoms with Crippen molar-refractivity contribution in [2.45, 2.75) is 18.3 Å². The van der Waals surface area contributed by atoms with Crippen molar-refractivity contribution in [2.24, 2.45) is 5.73 Å². The zero-order valence-corrected chi connectivity index (χ0v) is 10.9. The zero-order chi connectivity index (χ0) is 11.6. The van der Waals surface area contributed by atoms with E-state index in [-0.39, 0.29) is 18.0 Å². The Morgan fingerprint density at radius 3 is 2.00 bits per heavy atom. The maximum absolute atomic E-state index is 12.1. The molecule has 0 saturated carbocycles. The molecule has 0 saturated heterocycles. The molecule has 0 aliphatic carbocycles. The van der Waals surface area contributed by atoms with E-state index in [1.54, 1.807) is 12.1 Å². The Bertz CT molecular complexity index is 331. The van der Waals surface area contributed by atoms with Crippen LogP contribution in [-0.4, -0.2) is 17.4 Å². The molecule has 3 N–H and O–H groups in total. The quantitative estimate of drug-likeness (QED) is 0.790. The van der Waals surface area contributed by atoms with Gasteiger partial charge in [-0.05, 0) is 40.3 Å². The van der Waals surface area contributed by atoms with Gasteiger partial charge in [0.15, 0.2) is 6.10 Å². The van der Waals surface area contributed by atoms with Gasteiger partial charge in [0, 0.05) is 3.57 Å². The molecule has 2 nitrogen and oxygen atoms in total. The average molecular weight is 368 g/mol. The molecule has 1 aromatic carbocycles. The van der Waals surface area contributed by atoms with Gasteiger partial charge in [0.25, 0.3) is 0 Å². The summed E-state index contributed by atoms with van der Waals surface area (Å²) in [5.74, 6) is 0. The average Bonchev–Trinajstić information content (AvgIpc) is 2.15. The third kappa shape index (κ3) is 4.08. The molecule has 92 valence electrons. The van der Waals surface area contributed by atoms with Crippen LogP contribution in [0, 0.1) is 3.57 Å². The fourth-order valence-corrected chi connectivity index (χ4v) is 1.43. The Morgan fingerprint density at radius 2 is 1.62 bits per heavy atom. The van der Waals surface area contributed by atoms with Gasteiger partial charge in [-0.1, -0.05) is 12.1 Å². The number of aliphatic hydroxyl groups excluding tert-OH is 1. The number of hydrogen-bond donors (Lipinski definition) is 2. The lowest BCUT2D eigenvalue weighted by molar-refractivity contribution is -0.210. The van der Waals surface area contributed by atoms with Crippen LogP contribution in [0.1, 0.15) is 11.6 Å². The summed E-state index contributed by atoms with van der Waals surface area (Å²) in [6, 6.07) is 4.78. The third-order valence-electron chi connectivity index (χ3n) is 1.93. The molecule has 7 heteroatoms.